The maximum Gasteiger partial charge on any atom is 0.311 e. The van der Waals surface area contributed by atoms with Crippen LogP contribution in [0.4, 0.5) is 0 Å². The van der Waals surface area contributed by atoms with Crippen LogP contribution in [0.3, 0.4) is 0 Å². The average molecular weight is 426 g/mol. The van der Waals surface area contributed by atoms with E-state index in [2.05, 4.69) is 53.2 Å². The molecule has 0 spiro atoms. The number of nitrogens with one attached hydrogen (secondary N) is 2. The number of carbonyl (C=O) groups excluding carboxylic acids is 1. The van der Waals surface area contributed by atoms with Crippen molar-refractivity contribution in [3.05, 3.63) is 35.9 Å². The zero-order valence-corrected chi connectivity index (χ0v) is 18.4. The van der Waals surface area contributed by atoms with Crippen molar-refractivity contribution in [1.29, 1.82) is 0 Å². The summed E-state index contributed by atoms with van der Waals surface area (Å²) in [5.41, 5.74) is 1.23. The van der Waals surface area contributed by atoms with Gasteiger partial charge in [-0.05, 0) is 36.0 Å². The highest BCUT2D eigenvalue weighted by Crippen LogP contribution is 2.52. The van der Waals surface area contributed by atoms with E-state index in [1.54, 1.807) is 7.05 Å². The molecule has 1 aliphatic rings. The lowest BCUT2D eigenvalue weighted by Crippen LogP contribution is -2.30. The van der Waals surface area contributed by atoms with Crippen LogP contribution in [-0.2, 0) is 15.3 Å². The molecule has 0 radical (unpaired) electrons. The molecule has 28 heavy (non-hydrogen) atoms. The van der Waals surface area contributed by atoms with Crippen molar-refractivity contribution in [2.24, 2.45) is 16.2 Å². The van der Waals surface area contributed by atoms with Crippen molar-refractivity contribution < 1.29 is 13.2 Å². The van der Waals surface area contributed by atoms with Crippen LogP contribution < -0.4 is 10.6 Å². The van der Waals surface area contributed by atoms with Gasteiger partial charge in [0.2, 0.25) is 6.41 Å². The minimum atomic E-state index is -2.29. The standard InChI is InChI=1S/C17H25NO2S.C3H6N2OS/c1-3-8-13(2)9-7-12-15-16(17(15)18-21(19)20)14-10-5-4-6-11-14;1-4-3(7)5-2-6/h4-6,10-11,13,15-17H,3,7-9,12H2,1-2H3;2H,1H3,(H2,4,5,6,7). The van der Waals surface area contributed by atoms with Gasteiger partial charge in [-0.3, -0.25) is 4.79 Å². The Morgan fingerprint density at radius 2 is 1.96 bits per heavy atom. The van der Waals surface area contributed by atoms with Gasteiger partial charge in [0.15, 0.2) is 5.11 Å². The summed E-state index contributed by atoms with van der Waals surface area (Å²) in [6.07, 6.45) is 6.54. The van der Waals surface area contributed by atoms with Crippen LogP contribution in [0, 0.1) is 11.8 Å². The van der Waals surface area contributed by atoms with Gasteiger partial charge in [0.25, 0.3) is 0 Å². The van der Waals surface area contributed by atoms with Gasteiger partial charge in [0, 0.05) is 13.0 Å². The van der Waals surface area contributed by atoms with Gasteiger partial charge in [-0.25, -0.2) is 0 Å². The van der Waals surface area contributed by atoms with Crippen LogP contribution >= 0.6 is 12.2 Å². The van der Waals surface area contributed by atoms with Crippen LogP contribution in [-0.4, -0.2) is 33.0 Å². The predicted molar refractivity (Wildman–Crippen MR) is 117 cm³/mol. The third-order valence-electron chi connectivity index (χ3n) is 4.95. The molecule has 8 heteroatoms. The Hall–Kier alpha value is -1.80. The molecule has 1 aliphatic carbocycles. The number of rotatable bonds is 9. The van der Waals surface area contributed by atoms with E-state index in [1.165, 1.54) is 31.2 Å². The SMILES string of the molecule is CCCC(C)CCCC1C(N=S(=O)=O)C1c1ccccc1.CNC(=S)NC=O. The highest BCUT2D eigenvalue weighted by atomic mass is 32.2. The van der Waals surface area contributed by atoms with Crippen LogP contribution in [0.1, 0.15) is 57.4 Å². The largest absolute Gasteiger partial charge is 0.365 e. The van der Waals surface area contributed by atoms with E-state index in [9.17, 15) is 13.2 Å². The van der Waals surface area contributed by atoms with Gasteiger partial charge in [-0.1, -0.05) is 69.9 Å². The van der Waals surface area contributed by atoms with Crippen molar-refractivity contribution in [1.82, 2.24) is 10.6 Å². The van der Waals surface area contributed by atoms with Gasteiger partial charge >= 0.3 is 10.5 Å². The third kappa shape index (κ3) is 8.93. The Morgan fingerprint density at radius 1 is 1.29 bits per heavy atom. The average Bonchev–Trinajstić information content (AvgIpc) is 3.34. The third-order valence-corrected chi connectivity index (χ3v) is 5.69. The number of thiocarbonyl (C=S) groups is 1. The van der Waals surface area contributed by atoms with Gasteiger partial charge in [0.05, 0.1) is 6.04 Å². The molecule has 0 heterocycles. The summed E-state index contributed by atoms with van der Waals surface area (Å²) in [6.45, 7) is 4.53. The van der Waals surface area contributed by atoms with E-state index in [4.69, 9.17) is 0 Å². The highest BCUT2D eigenvalue weighted by molar-refractivity contribution is 7.80. The number of benzene rings is 1. The van der Waals surface area contributed by atoms with Crippen molar-refractivity contribution in [3.8, 4) is 0 Å². The highest BCUT2D eigenvalue weighted by Gasteiger charge is 2.51. The van der Waals surface area contributed by atoms with Crippen LogP contribution in [0.2, 0.25) is 0 Å². The first-order chi connectivity index (χ1) is 13.4. The Kier molecular flexibility index (Phi) is 11.6. The first kappa shape index (κ1) is 24.2. The fourth-order valence-corrected chi connectivity index (χ4v) is 4.07. The van der Waals surface area contributed by atoms with E-state index in [-0.39, 0.29) is 6.04 Å². The van der Waals surface area contributed by atoms with Crippen molar-refractivity contribution in [2.45, 2.75) is 57.9 Å². The second-order valence-electron chi connectivity index (χ2n) is 7.08. The van der Waals surface area contributed by atoms with E-state index in [0.29, 0.717) is 23.4 Å². The molecular formula is C20H31N3O3S2. The van der Waals surface area contributed by atoms with Gasteiger partial charge in [-0.15, -0.1) is 0 Å². The molecule has 1 fully saturated rings. The van der Waals surface area contributed by atoms with E-state index in [0.717, 1.165) is 12.3 Å². The summed E-state index contributed by atoms with van der Waals surface area (Å²) in [6, 6.07) is 10.2. The molecule has 0 aliphatic heterocycles. The topological polar surface area (TPSA) is 87.6 Å². The lowest BCUT2D eigenvalue weighted by atomic mass is 9.97. The summed E-state index contributed by atoms with van der Waals surface area (Å²) < 4.78 is 25.6. The molecule has 156 valence electrons. The molecule has 1 aromatic carbocycles. The number of amides is 1. The molecule has 0 saturated heterocycles. The van der Waals surface area contributed by atoms with Crippen molar-refractivity contribution in [2.75, 3.05) is 7.05 Å². The second kappa shape index (κ2) is 13.4. The number of hydrogen-bond acceptors (Lipinski definition) is 5. The van der Waals surface area contributed by atoms with Gasteiger partial charge < -0.3 is 10.6 Å². The molecule has 4 unspecified atom stereocenters. The molecule has 1 amide bonds. The maximum absolute atomic E-state index is 10.9. The Balaban J connectivity index is 0.000000480. The molecule has 2 N–H and O–H groups in total. The van der Waals surface area contributed by atoms with Gasteiger partial charge in [-0.2, -0.15) is 12.8 Å². The zero-order chi connectivity index (χ0) is 20.9. The van der Waals surface area contributed by atoms with Crippen molar-refractivity contribution >= 4 is 34.2 Å². The minimum absolute atomic E-state index is 0.0350. The lowest BCUT2D eigenvalue weighted by molar-refractivity contribution is -0.108. The summed E-state index contributed by atoms with van der Waals surface area (Å²) in [5.74, 6) is 1.47. The molecule has 6 nitrogen and oxygen atoms in total. The summed E-state index contributed by atoms with van der Waals surface area (Å²) >= 11 is 4.50. The fourth-order valence-electron chi connectivity index (χ4n) is 3.53. The Labute approximate surface area is 175 Å². The zero-order valence-electron chi connectivity index (χ0n) is 16.8. The number of carbonyl (C=O) groups is 1. The van der Waals surface area contributed by atoms with E-state index in [1.807, 2.05) is 18.2 Å². The molecule has 4 atom stereocenters. The van der Waals surface area contributed by atoms with E-state index < -0.39 is 10.5 Å². The quantitative estimate of drug-likeness (QED) is 0.465. The molecule has 2 rings (SSSR count). The van der Waals surface area contributed by atoms with Crippen LogP contribution in [0.15, 0.2) is 34.7 Å². The maximum atomic E-state index is 10.9. The molecule has 1 saturated carbocycles. The smallest absolute Gasteiger partial charge is 0.311 e. The fraction of sp³-hybridized carbons (Fsp3) is 0.600. The number of nitrogens with zero attached hydrogens (tertiary/aromatic N) is 1. The Bertz CT molecular complexity index is 730. The Morgan fingerprint density at radius 3 is 2.46 bits per heavy atom. The first-order valence-electron chi connectivity index (χ1n) is 9.71. The molecular weight excluding hydrogens is 394 g/mol. The first-order valence-corrected chi connectivity index (χ1v) is 11.2. The van der Waals surface area contributed by atoms with Crippen LogP contribution in [0.25, 0.3) is 0 Å². The molecule has 0 bridgehead atoms. The van der Waals surface area contributed by atoms with Gasteiger partial charge in [0.1, 0.15) is 0 Å². The normalized spacial score (nSPS) is 20.8. The predicted octanol–water partition coefficient (Wildman–Crippen LogP) is 3.67. The summed E-state index contributed by atoms with van der Waals surface area (Å²) in [4.78, 5) is 9.54. The molecule has 0 aromatic heterocycles. The van der Waals surface area contributed by atoms with Crippen molar-refractivity contribution in [3.63, 3.8) is 0 Å². The molecule has 1 aromatic rings. The minimum Gasteiger partial charge on any atom is -0.365 e. The number of hydrogen-bond donors (Lipinski definition) is 2. The van der Waals surface area contributed by atoms with E-state index >= 15 is 0 Å². The monoisotopic (exact) mass is 425 g/mol. The lowest BCUT2D eigenvalue weighted by Gasteiger charge is -2.08. The summed E-state index contributed by atoms with van der Waals surface area (Å²) in [5, 5.41) is 5.13. The second-order valence-corrected chi connectivity index (χ2v) is 8.13. The summed E-state index contributed by atoms with van der Waals surface area (Å²) in [7, 11) is -0.653. The van der Waals surface area contributed by atoms with Crippen LogP contribution in [0.5, 0.6) is 0 Å².